The topological polar surface area (TPSA) is 65.1 Å². The van der Waals surface area contributed by atoms with E-state index < -0.39 is 12.3 Å². The fourth-order valence-electron chi connectivity index (χ4n) is 5.09. The lowest BCUT2D eigenvalue weighted by molar-refractivity contribution is -0.170. The molecule has 0 saturated heterocycles. The van der Waals surface area contributed by atoms with Gasteiger partial charge in [0, 0.05) is 22.1 Å². The minimum Gasteiger partial charge on any atom is -0.450 e. The van der Waals surface area contributed by atoms with E-state index in [2.05, 4.69) is 0 Å². The van der Waals surface area contributed by atoms with Crippen LogP contribution in [0.4, 0.5) is 0 Å². The molecule has 2 saturated carbocycles. The summed E-state index contributed by atoms with van der Waals surface area (Å²) in [7, 11) is 0. The monoisotopic (exact) mass is 533 g/mol. The molecule has 0 unspecified atom stereocenters. The van der Waals surface area contributed by atoms with Gasteiger partial charge in [-0.25, -0.2) is 4.79 Å². The standard InChI is InChI=1S/C28H33Cl2NO5/c29-20-11-15-24(16-12-20)35-28(36-25-17-13-21(30)14-18-25)27(33)34-19-26(32)31(22-7-3-1-4-8-22)23-9-5-2-6-10-23/h11-18,22-23,28H,1-10,19H2. The molecule has 0 heterocycles. The number of halogens is 2. The molecule has 0 aromatic heterocycles. The van der Waals surface area contributed by atoms with Crippen LogP contribution in [0.3, 0.4) is 0 Å². The molecule has 6 nitrogen and oxygen atoms in total. The molecule has 194 valence electrons. The normalized spacial score (nSPS) is 17.0. The number of carbonyl (C=O) groups is 2. The highest BCUT2D eigenvalue weighted by molar-refractivity contribution is 6.30. The second-order valence-corrected chi connectivity index (χ2v) is 10.3. The molecular weight excluding hydrogens is 501 g/mol. The van der Waals surface area contributed by atoms with E-state index in [1.165, 1.54) is 12.8 Å². The Morgan fingerprint density at radius 2 is 1.14 bits per heavy atom. The van der Waals surface area contributed by atoms with Crippen molar-refractivity contribution in [2.24, 2.45) is 0 Å². The van der Waals surface area contributed by atoms with E-state index in [4.69, 9.17) is 37.4 Å². The number of esters is 1. The Hall–Kier alpha value is -2.44. The molecule has 36 heavy (non-hydrogen) atoms. The lowest BCUT2D eigenvalue weighted by Crippen LogP contribution is -2.50. The summed E-state index contributed by atoms with van der Waals surface area (Å²) in [5.74, 6) is -0.153. The van der Waals surface area contributed by atoms with Gasteiger partial charge in [-0.15, -0.1) is 0 Å². The first-order chi connectivity index (χ1) is 17.5. The highest BCUT2D eigenvalue weighted by Crippen LogP contribution is 2.30. The molecule has 8 heteroatoms. The highest BCUT2D eigenvalue weighted by Gasteiger charge is 2.34. The number of ether oxygens (including phenoxy) is 3. The number of amides is 1. The van der Waals surface area contributed by atoms with Crippen molar-refractivity contribution in [3.05, 3.63) is 58.6 Å². The minimum absolute atomic E-state index is 0.140. The molecule has 0 aliphatic heterocycles. The van der Waals surface area contributed by atoms with Gasteiger partial charge in [0.15, 0.2) is 6.61 Å². The number of hydrogen-bond donors (Lipinski definition) is 0. The summed E-state index contributed by atoms with van der Waals surface area (Å²) in [6.45, 7) is -0.337. The van der Waals surface area contributed by atoms with Crippen LogP contribution >= 0.6 is 23.2 Å². The number of hydrogen-bond acceptors (Lipinski definition) is 5. The Morgan fingerprint density at radius 1 is 0.722 bits per heavy atom. The van der Waals surface area contributed by atoms with Crippen molar-refractivity contribution in [1.29, 1.82) is 0 Å². The molecule has 4 rings (SSSR count). The molecule has 2 aromatic carbocycles. The maximum Gasteiger partial charge on any atom is 0.390 e. The summed E-state index contributed by atoms with van der Waals surface area (Å²) in [5, 5.41) is 1.08. The van der Waals surface area contributed by atoms with Gasteiger partial charge in [-0.05, 0) is 74.2 Å². The second kappa shape index (κ2) is 13.2. The first-order valence-corrected chi connectivity index (χ1v) is 13.6. The number of benzene rings is 2. The van der Waals surface area contributed by atoms with Gasteiger partial charge in [-0.1, -0.05) is 61.7 Å². The van der Waals surface area contributed by atoms with Crippen LogP contribution in [0, 0.1) is 0 Å². The van der Waals surface area contributed by atoms with Gasteiger partial charge in [-0.3, -0.25) is 4.79 Å². The van der Waals surface area contributed by atoms with Crippen molar-refractivity contribution in [3.8, 4) is 11.5 Å². The van der Waals surface area contributed by atoms with Crippen molar-refractivity contribution in [2.75, 3.05) is 6.61 Å². The van der Waals surface area contributed by atoms with Crippen LogP contribution < -0.4 is 9.47 Å². The molecule has 2 aliphatic rings. The summed E-state index contributed by atoms with van der Waals surface area (Å²) >= 11 is 11.9. The number of rotatable bonds is 9. The van der Waals surface area contributed by atoms with Crippen molar-refractivity contribution in [3.63, 3.8) is 0 Å². The van der Waals surface area contributed by atoms with Gasteiger partial charge >= 0.3 is 12.3 Å². The Balaban J connectivity index is 1.44. The molecule has 0 bridgehead atoms. The second-order valence-electron chi connectivity index (χ2n) is 9.47. The van der Waals surface area contributed by atoms with Gasteiger partial charge in [-0.2, -0.15) is 0 Å². The first-order valence-electron chi connectivity index (χ1n) is 12.8. The van der Waals surface area contributed by atoms with E-state index in [1.807, 2.05) is 4.90 Å². The summed E-state index contributed by atoms with van der Waals surface area (Å²) in [4.78, 5) is 28.5. The zero-order valence-corrected chi connectivity index (χ0v) is 21.9. The predicted molar refractivity (Wildman–Crippen MR) is 139 cm³/mol. The van der Waals surface area contributed by atoms with Gasteiger partial charge in [0.05, 0.1) is 0 Å². The van der Waals surface area contributed by atoms with Crippen molar-refractivity contribution in [1.82, 2.24) is 4.90 Å². The van der Waals surface area contributed by atoms with Crippen molar-refractivity contribution in [2.45, 2.75) is 82.6 Å². The molecular formula is C28H33Cl2NO5. The average molecular weight is 534 g/mol. The molecule has 0 atom stereocenters. The van der Waals surface area contributed by atoms with Crippen LogP contribution in [-0.2, 0) is 14.3 Å². The minimum atomic E-state index is -1.40. The Kier molecular flexibility index (Phi) is 9.76. The fourth-order valence-corrected chi connectivity index (χ4v) is 5.35. The SMILES string of the molecule is O=C(OCC(=O)N(C1CCCCC1)C1CCCCC1)C(Oc1ccc(Cl)cc1)Oc1ccc(Cl)cc1. The van der Waals surface area contributed by atoms with E-state index in [0.29, 0.717) is 21.5 Å². The van der Waals surface area contributed by atoms with E-state index in [0.717, 1.165) is 51.4 Å². The summed E-state index contributed by atoms with van der Waals surface area (Å²) < 4.78 is 17.0. The van der Waals surface area contributed by atoms with Gasteiger partial charge in [0.1, 0.15) is 11.5 Å². The summed E-state index contributed by atoms with van der Waals surface area (Å²) in [6.07, 6.45) is 9.60. The number of carbonyl (C=O) groups excluding carboxylic acids is 2. The third kappa shape index (κ3) is 7.53. The van der Waals surface area contributed by atoms with E-state index >= 15 is 0 Å². The maximum atomic E-state index is 13.4. The van der Waals surface area contributed by atoms with Gasteiger partial charge in [0.2, 0.25) is 0 Å². The van der Waals surface area contributed by atoms with Crippen LogP contribution in [0.15, 0.2) is 48.5 Å². The van der Waals surface area contributed by atoms with Crippen LogP contribution in [0.5, 0.6) is 11.5 Å². The van der Waals surface area contributed by atoms with E-state index in [1.54, 1.807) is 48.5 Å². The van der Waals surface area contributed by atoms with Gasteiger partial charge in [0.25, 0.3) is 5.91 Å². The third-order valence-corrected chi connectivity index (χ3v) is 7.37. The molecule has 0 N–H and O–H groups in total. The first kappa shape index (κ1) is 26.6. The number of nitrogens with zero attached hydrogens (tertiary/aromatic N) is 1. The Labute approximate surface area is 222 Å². The molecule has 0 spiro atoms. The quantitative estimate of drug-likeness (QED) is 0.261. The van der Waals surface area contributed by atoms with Crippen LogP contribution in [0.25, 0.3) is 0 Å². The lowest BCUT2D eigenvalue weighted by Gasteiger charge is -2.41. The van der Waals surface area contributed by atoms with Crippen LogP contribution in [0.2, 0.25) is 10.0 Å². The smallest absolute Gasteiger partial charge is 0.390 e. The Bertz CT molecular complexity index is 921. The lowest BCUT2D eigenvalue weighted by atomic mass is 9.88. The van der Waals surface area contributed by atoms with Crippen molar-refractivity contribution >= 4 is 35.1 Å². The molecule has 0 radical (unpaired) electrons. The predicted octanol–water partition coefficient (Wildman–Crippen LogP) is 6.81. The summed E-state index contributed by atoms with van der Waals surface area (Å²) in [5.41, 5.74) is 0. The van der Waals surface area contributed by atoms with Gasteiger partial charge < -0.3 is 19.1 Å². The molecule has 1 amide bonds. The Morgan fingerprint density at radius 3 is 1.56 bits per heavy atom. The van der Waals surface area contributed by atoms with Crippen molar-refractivity contribution < 1.29 is 23.8 Å². The van der Waals surface area contributed by atoms with Crippen LogP contribution in [-0.4, -0.2) is 41.8 Å². The third-order valence-electron chi connectivity index (χ3n) is 6.87. The molecule has 2 fully saturated rings. The van der Waals surface area contributed by atoms with Crippen LogP contribution in [0.1, 0.15) is 64.2 Å². The molecule has 2 aliphatic carbocycles. The maximum absolute atomic E-state index is 13.4. The highest BCUT2D eigenvalue weighted by atomic mass is 35.5. The van der Waals surface area contributed by atoms with E-state index in [-0.39, 0.29) is 24.6 Å². The summed E-state index contributed by atoms with van der Waals surface area (Å²) in [6, 6.07) is 13.6. The van der Waals surface area contributed by atoms with E-state index in [9.17, 15) is 9.59 Å². The molecule has 2 aromatic rings. The average Bonchev–Trinajstić information content (AvgIpc) is 2.91. The zero-order valence-electron chi connectivity index (χ0n) is 20.4. The largest absolute Gasteiger partial charge is 0.450 e. The fraction of sp³-hybridized carbons (Fsp3) is 0.500. The zero-order chi connectivity index (χ0) is 25.3.